The lowest BCUT2D eigenvalue weighted by Crippen LogP contribution is -2.35. The Bertz CT molecular complexity index is 456. The topological polar surface area (TPSA) is 49.3 Å². The quantitative estimate of drug-likeness (QED) is 0.878. The van der Waals surface area contributed by atoms with Gasteiger partial charge < -0.3 is 10.4 Å². The van der Waals surface area contributed by atoms with Gasteiger partial charge in [0.25, 0.3) is 0 Å². The van der Waals surface area contributed by atoms with E-state index in [0.29, 0.717) is 0 Å². The third kappa shape index (κ3) is 3.35. The Kier molecular flexibility index (Phi) is 4.59. The zero-order chi connectivity index (χ0) is 13.8. The highest BCUT2D eigenvalue weighted by Crippen LogP contribution is 2.26. The third-order valence-corrected chi connectivity index (χ3v) is 4.06. The number of aliphatic hydroxyl groups excluding tert-OH is 1. The molecule has 0 heterocycles. The van der Waals surface area contributed by atoms with Gasteiger partial charge in [0.1, 0.15) is 0 Å². The molecular formula is C16H23NO2. The van der Waals surface area contributed by atoms with E-state index in [1.807, 2.05) is 18.2 Å². The molecule has 0 aromatic heterocycles. The van der Waals surface area contributed by atoms with Gasteiger partial charge in [-0.05, 0) is 49.4 Å². The first-order valence-electron chi connectivity index (χ1n) is 7.20. The zero-order valence-electron chi connectivity index (χ0n) is 11.8. The van der Waals surface area contributed by atoms with Crippen molar-refractivity contribution in [3.8, 4) is 0 Å². The number of aryl methyl sites for hydroxylation is 2. The molecule has 0 radical (unpaired) electrons. The molecule has 0 spiro atoms. The van der Waals surface area contributed by atoms with Crippen LogP contribution < -0.4 is 5.32 Å². The number of benzene rings is 1. The van der Waals surface area contributed by atoms with Crippen LogP contribution in [0.4, 0.5) is 5.69 Å². The fourth-order valence-electron chi connectivity index (χ4n) is 2.78. The van der Waals surface area contributed by atoms with Gasteiger partial charge in [-0.1, -0.05) is 25.8 Å². The zero-order valence-corrected chi connectivity index (χ0v) is 11.8. The smallest absolute Gasteiger partial charge is 0.230 e. The highest BCUT2D eigenvalue weighted by molar-refractivity contribution is 5.93. The van der Waals surface area contributed by atoms with Crippen LogP contribution in [0, 0.1) is 12.8 Å². The van der Waals surface area contributed by atoms with Gasteiger partial charge in [0.2, 0.25) is 5.91 Å². The fraction of sp³-hybridized carbons (Fsp3) is 0.562. The number of hydrogen-bond donors (Lipinski definition) is 2. The third-order valence-electron chi connectivity index (χ3n) is 4.06. The summed E-state index contributed by atoms with van der Waals surface area (Å²) in [5.74, 6) is -0.293. The van der Waals surface area contributed by atoms with Crippen LogP contribution in [0.5, 0.6) is 0 Å². The monoisotopic (exact) mass is 261 g/mol. The summed E-state index contributed by atoms with van der Waals surface area (Å²) >= 11 is 0. The van der Waals surface area contributed by atoms with Gasteiger partial charge >= 0.3 is 0 Å². The predicted molar refractivity (Wildman–Crippen MR) is 77.2 cm³/mol. The number of aliphatic hydroxyl groups is 1. The van der Waals surface area contributed by atoms with Crippen molar-refractivity contribution in [1.29, 1.82) is 0 Å². The summed E-state index contributed by atoms with van der Waals surface area (Å²) in [6.45, 7) is 4.19. The largest absolute Gasteiger partial charge is 0.392 e. The van der Waals surface area contributed by atoms with E-state index in [1.165, 1.54) is 11.1 Å². The molecule has 0 bridgehead atoms. The van der Waals surface area contributed by atoms with E-state index in [-0.39, 0.29) is 11.8 Å². The first kappa shape index (κ1) is 14.1. The second-order valence-electron chi connectivity index (χ2n) is 5.44. The van der Waals surface area contributed by atoms with Crippen molar-refractivity contribution in [2.45, 2.75) is 52.1 Å². The molecule has 1 aliphatic carbocycles. The van der Waals surface area contributed by atoms with Crippen molar-refractivity contribution < 1.29 is 9.90 Å². The molecule has 19 heavy (non-hydrogen) atoms. The molecule has 3 nitrogen and oxygen atoms in total. The molecule has 1 aliphatic rings. The van der Waals surface area contributed by atoms with Crippen LogP contribution in [-0.4, -0.2) is 17.1 Å². The van der Waals surface area contributed by atoms with Crippen molar-refractivity contribution in [2.75, 3.05) is 5.32 Å². The number of rotatable bonds is 3. The highest BCUT2D eigenvalue weighted by atomic mass is 16.3. The summed E-state index contributed by atoms with van der Waals surface area (Å²) in [5.41, 5.74) is 3.34. The minimum absolute atomic E-state index is 0.0434. The molecule has 1 fully saturated rings. The summed E-state index contributed by atoms with van der Waals surface area (Å²) < 4.78 is 0. The van der Waals surface area contributed by atoms with Crippen molar-refractivity contribution in [2.24, 2.45) is 5.92 Å². The van der Waals surface area contributed by atoms with E-state index >= 15 is 0 Å². The minimum Gasteiger partial charge on any atom is -0.392 e. The molecule has 1 aromatic rings. The van der Waals surface area contributed by atoms with Gasteiger partial charge in [-0.15, -0.1) is 0 Å². The standard InChI is InChI=1S/C16H23NO2/c1-3-12-10-13(9-8-11(12)2)17-16(19)14-6-4-5-7-15(14)18/h8-10,14-15,18H,3-7H2,1-2H3,(H,17,19). The first-order valence-corrected chi connectivity index (χ1v) is 7.20. The lowest BCUT2D eigenvalue weighted by atomic mass is 9.86. The second kappa shape index (κ2) is 6.20. The molecule has 104 valence electrons. The van der Waals surface area contributed by atoms with Crippen LogP contribution in [0.15, 0.2) is 18.2 Å². The molecule has 3 heteroatoms. The minimum atomic E-state index is -0.482. The van der Waals surface area contributed by atoms with Gasteiger partial charge in [-0.25, -0.2) is 0 Å². The number of amides is 1. The average molecular weight is 261 g/mol. The van der Waals surface area contributed by atoms with Gasteiger partial charge in [0.05, 0.1) is 12.0 Å². The van der Waals surface area contributed by atoms with Crippen LogP contribution in [0.1, 0.15) is 43.7 Å². The maximum Gasteiger partial charge on any atom is 0.230 e. The predicted octanol–water partition coefficient (Wildman–Crippen LogP) is 3.05. The Morgan fingerprint density at radius 1 is 1.37 bits per heavy atom. The summed E-state index contributed by atoms with van der Waals surface area (Å²) in [4.78, 5) is 12.2. The molecule has 0 aliphatic heterocycles. The molecule has 2 N–H and O–H groups in total. The second-order valence-corrected chi connectivity index (χ2v) is 5.44. The van der Waals surface area contributed by atoms with Crippen molar-refractivity contribution >= 4 is 11.6 Å². The van der Waals surface area contributed by atoms with E-state index in [0.717, 1.165) is 37.8 Å². The van der Waals surface area contributed by atoms with Crippen molar-refractivity contribution in [3.63, 3.8) is 0 Å². The van der Waals surface area contributed by atoms with Crippen LogP contribution >= 0.6 is 0 Å². The number of carbonyl (C=O) groups is 1. The number of anilines is 1. The van der Waals surface area contributed by atoms with Gasteiger partial charge in [-0.3, -0.25) is 4.79 Å². The van der Waals surface area contributed by atoms with E-state index in [4.69, 9.17) is 0 Å². The van der Waals surface area contributed by atoms with Gasteiger partial charge in [-0.2, -0.15) is 0 Å². The Hall–Kier alpha value is -1.35. The lowest BCUT2D eigenvalue weighted by molar-refractivity contribution is -0.124. The lowest BCUT2D eigenvalue weighted by Gasteiger charge is -2.26. The molecule has 2 rings (SSSR count). The van der Waals surface area contributed by atoms with E-state index < -0.39 is 6.10 Å². The van der Waals surface area contributed by atoms with Gasteiger partial charge in [0.15, 0.2) is 0 Å². The molecule has 2 unspecified atom stereocenters. The highest BCUT2D eigenvalue weighted by Gasteiger charge is 2.29. The van der Waals surface area contributed by atoms with E-state index in [1.54, 1.807) is 0 Å². The fourth-order valence-corrected chi connectivity index (χ4v) is 2.78. The van der Waals surface area contributed by atoms with Crippen molar-refractivity contribution in [1.82, 2.24) is 0 Å². The summed E-state index contributed by atoms with van der Waals surface area (Å²) in [5, 5.41) is 12.8. The maximum atomic E-state index is 12.2. The van der Waals surface area contributed by atoms with Crippen LogP contribution in [-0.2, 0) is 11.2 Å². The molecule has 1 amide bonds. The normalized spacial score (nSPS) is 23.1. The summed E-state index contributed by atoms with van der Waals surface area (Å²) in [6.07, 6.45) is 4.07. The summed E-state index contributed by atoms with van der Waals surface area (Å²) in [7, 11) is 0. The summed E-state index contributed by atoms with van der Waals surface area (Å²) in [6, 6.07) is 6.00. The van der Waals surface area contributed by atoms with Crippen LogP contribution in [0.25, 0.3) is 0 Å². The Balaban J connectivity index is 2.05. The molecular weight excluding hydrogens is 238 g/mol. The SMILES string of the molecule is CCc1cc(NC(=O)C2CCCCC2O)ccc1C. The van der Waals surface area contributed by atoms with Gasteiger partial charge in [0, 0.05) is 5.69 Å². The van der Waals surface area contributed by atoms with E-state index in [9.17, 15) is 9.90 Å². The van der Waals surface area contributed by atoms with Crippen molar-refractivity contribution in [3.05, 3.63) is 29.3 Å². The van der Waals surface area contributed by atoms with Crippen LogP contribution in [0.3, 0.4) is 0 Å². The first-order chi connectivity index (χ1) is 9.11. The Labute approximate surface area is 115 Å². The molecule has 1 saturated carbocycles. The number of nitrogens with one attached hydrogen (secondary N) is 1. The molecule has 2 atom stereocenters. The maximum absolute atomic E-state index is 12.2. The molecule has 0 saturated heterocycles. The Morgan fingerprint density at radius 2 is 2.11 bits per heavy atom. The van der Waals surface area contributed by atoms with Crippen LogP contribution in [0.2, 0.25) is 0 Å². The number of hydrogen-bond acceptors (Lipinski definition) is 2. The molecule has 1 aromatic carbocycles. The average Bonchev–Trinajstić information content (AvgIpc) is 2.41. The number of carbonyl (C=O) groups excluding carboxylic acids is 1. The van der Waals surface area contributed by atoms with E-state index in [2.05, 4.69) is 19.2 Å². The Morgan fingerprint density at radius 3 is 2.79 bits per heavy atom.